The van der Waals surface area contributed by atoms with Crippen molar-refractivity contribution in [3.63, 3.8) is 0 Å². The third kappa shape index (κ3) is 4.89. The molecule has 186 valence electrons. The summed E-state index contributed by atoms with van der Waals surface area (Å²) < 4.78 is 14.5. The van der Waals surface area contributed by atoms with Gasteiger partial charge in [0.25, 0.3) is 11.5 Å². The summed E-state index contributed by atoms with van der Waals surface area (Å²) >= 11 is 0. The highest BCUT2D eigenvalue weighted by atomic mass is 19.1. The van der Waals surface area contributed by atoms with Gasteiger partial charge in [-0.05, 0) is 49.3 Å². The van der Waals surface area contributed by atoms with E-state index in [1.54, 1.807) is 14.1 Å². The zero-order valence-electron chi connectivity index (χ0n) is 19.6. The number of hydrogen-bond acceptors (Lipinski definition) is 6. The molecule has 2 aromatic rings. The van der Waals surface area contributed by atoms with E-state index in [-0.39, 0.29) is 30.6 Å². The van der Waals surface area contributed by atoms with Gasteiger partial charge in [-0.3, -0.25) is 23.7 Å². The fourth-order valence-electron chi connectivity index (χ4n) is 4.73. The minimum Gasteiger partial charge on any atom is -0.501 e. The van der Waals surface area contributed by atoms with Crippen molar-refractivity contribution in [2.24, 2.45) is 5.92 Å². The van der Waals surface area contributed by atoms with E-state index in [0.29, 0.717) is 24.9 Å². The van der Waals surface area contributed by atoms with Crippen molar-refractivity contribution in [2.75, 3.05) is 14.1 Å². The molecule has 5 rings (SSSR count). The lowest BCUT2D eigenvalue weighted by Crippen LogP contribution is -2.50. The maximum atomic E-state index is 13.1. The Morgan fingerprint density at radius 3 is 2.49 bits per heavy atom. The fourth-order valence-corrected chi connectivity index (χ4v) is 4.73. The SMILES string of the molecule is CN(C)C(=O)CC(=O)NC12CCC(CC1)Cn1c2nc(C(=O)NCc2ccc(F)cc2)c(O)c1=O. The van der Waals surface area contributed by atoms with E-state index < -0.39 is 40.2 Å². The molecule has 3 amide bonds. The molecule has 0 unspecified atom stereocenters. The van der Waals surface area contributed by atoms with Gasteiger partial charge in [-0.1, -0.05) is 12.1 Å². The van der Waals surface area contributed by atoms with Gasteiger partial charge >= 0.3 is 0 Å². The molecule has 0 radical (unpaired) electrons. The van der Waals surface area contributed by atoms with Crippen molar-refractivity contribution < 1.29 is 23.9 Å². The zero-order chi connectivity index (χ0) is 25.3. The molecular weight excluding hydrogens is 457 g/mol. The number of halogens is 1. The Balaban J connectivity index is 1.66. The van der Waals surface area contributed by atoms with E-state index in [4.69, 9.17) is 0 Å². The van der Waals surface area contributed by atoms with Gasteiger partial charge in [-0.2, -0.15) is 0 Å². The highest BCUT2D eigenvalue weighted by Crippen LogP contribution is 2.43. The van der Waals surface area contributed by atoms with E-state index in [0.717, 1.165) is 12.8 Å². The molecule has 1 aliphatic carbocycles. The lowest BCUT2D eigenvalue weighted by Gasteiger charge is -2.37. The van der Waals surface area contributed by atoms with Crippen LogP contribution in [0.1, 0.15) is 54.0 Å². The predicted molar refractivity (Wildman–Crippen MR) is 123 cm³/mol. The van der Waals surface area contributed by atoms with Gasteiger partial charge in [0, 0.05) is 27.2 Å². The number of rotatable bonds is 6. The molecule has 0 spiro atoms. The fraction of sp³-hybridized carbons (Fsp3) is 0.458. The highest BCUT2D eigenvalue weighted by molar-refractivity contribution is 5.97. The van der Waals surface area contributed by atoms with Crippen molar-refractivity contribution in [2.45, 2.75) is 50.7 Å². The number of nitrogens with zero attached hydrogens (tertiary/aromatic N) is 3. The summed E-state index contributed by atoms with van der Waals surface area (Å²) in [7, 11) is 3.11. The number of aromatic hydroxyl groups is 1. The van der Waals surface area contributed by atoms with Crippen LogP contribution in [-0.4, -0.2) is 51.4 Å². The normalized spacial score (nSPS) is 20.5. The Morgan fingerprint density at radius 2 is 1.86 bits per heavy atom. The van der Waals surface area contributed by atoms with Crippen LogP contribution in [0.25, 0.3) is 0 Å². The maximum absolute atomic E-state index is 13.1. The van der Waals surface area contributed by atoms with E-state index in [1.807, 2.05) is 0 Å². The molecule has 1 aromatic carbocycles. The van der Waals surface area contributed by atoms with Gasteiger partial charge in [0.05, 0.1) is 5.54 Å². The van der Waals surface area contributed by atoms with Gasteiger partial charge in [-0.25, -0.2) is 9.37 Å². The number of fused-ring (bicyclic) bond motifs is 2. The Labute approximate surface area is 201 Å². The predicted octanol–water partition coefficient (Wildman–Crippen LogP) is 1.01. The van der Waals surface area contributed by atoms with Gasteiger partial charge in [0.2, 0.25) is 17.6 Å². The van der Waals surface area contributed by atoms with Crippen LogP contribution in [0.2, 0.25) is 0 Å². The van der Waals surface area contributed by atoms with Crippen molar-refractivity contribution in [3.05, 3.63) is 57.5 Å². The van der Waals surface area contributed by atoms with E-state index in [1.165, 1.54) is 33.7 Å². The Kier molecular flexibility index (Phi) is 6.60. The van der Waals surface area contributed by atoms with Gasteiger partial charge in [0.15, 0.2) is 5.69 Å². The van der Waals surface area contributed by atoms with Crippen LogP contribution in [0.3, 0.4) is 0 Å². The molecule has 0 atom stereocenters. The largest absolute Gasteiger partial charge is 0.501 e. The first-order valence-electron chi connectivity index (χ1n) is 11.5. The molecule has 1 aromatic heterocycles. The number of amides is 3. The van der Waals surface area contributed by atoms with Gasteiger partial charge in [0.1, 0.15) is 18.1 Å². The van der Waals surface area contributed by atoms with Crippen LogP contribution < -0.4 is 16.2 Å². The highest BCUT2D eigenvalue weighted by Gasteiger charge is 2.46. The molecule has 3 N–H and O–H groups in total. The Morgan fingerprint density at radius 1 is 1.20 bits per heavy atom. The summed E-state index contributed by atoms with van der Waals surface area (Å²) in [6, 6.07) is 5.53. The summed E-state index contributed by atoms with van der Waals surface area (Å²) in [4.78, 5) is 56.5. The average Bonchev–Trinajstić information content (AvgIpc) is 3.06. The minimum atomic E-state index is -1.03. The first-order chi connectivity index (χ1) is 16.6. The van der Waals surface area contributed by atoms with Crippen LogP contribution in [-0.2, 0) is 28.2 Å². The number of carbonyl (C=O) groups is 3. The molecule has 11 heteroatoms. The summed E-state index contributed by atoms with van der Waals surface area (Å²) in [5, 5.41) is 16.1. The monoisotopic (exact) mass is 485 g/mol. The van der Waals surface area contributed by atoms with E-state index in [9.17, 15) is 28.7 Å². The van der Waals surface area contributed by atoms with E-state index >= 15 is 0 Å². The summed E-state index contributed by atoms with van der Waals surface area (Å²) in [6.45, 7) is 0.357. The lowest BCUT2D eigenvalue weighted by atomic mass is 9.77. The lowest BCUT2D eigenvalue weighted by molar-refractivity contribution is -0.135. The zero-order valence-corrected chi connectivity index (χ0v) is 19.6. The molecule has 0 saturated heterocycles. The molecular formula is C24H28FN5O5. The maximum Gasteiger partial charge on any atom is 0.296 e. The molecule has 2 bridgehead atoms. The standard InChI is InChI=1S/C24H28FN5O5/c1-29(2)18(32)11-17(31)28-24-9-7-15(8-10-24)13-30-22(35)20(33)19(27-23(24)30)21(34)26-12-14-3-5-16(25)6-4-14/h3-6,15,33H,7-13H2,1-2H3,(H,26,34)(H,28,31). The molecule has 35 heavy (non-hydrogen) atoms. The summed E-state index contributed by atoms with van der Waals surface area (Å²) in [5.41, 5.74) is -1.60. The topological polar surface area (TPSA) is 134 Å². The second kappa shape index (κ2) is 9.47. The smallest absolute Gasteiger partial charge is 0.296 e. The Bertz CT molecular complexity index is 1220. The van der Waals surface area contributed by atoms with Crippen molar-refractivity contribution in [1.82, 2.24) is 25.1 Å². The summed E-state index contributed by atoms with van der Waals surface area (Å²) in [6.07, 6.45) is 2.07. The van der Waals surface area contributed by atoms with Crippen LogP contribution in [0, 0.1) is 11.7 Å². The first kappa shape index (κ1) is 24.4. The molecule has 3 aliphatic rings. The van der Waals surface area contributed by atoms with E-state index in [2.05, 4.69) is 15.6 Å². The third-order valence-corrected chi connectivity index (χ3v) is 6.74. The van der Waals surface area contributed by atoms with Crippen LogP contribution >= 0.6 is 0 Å². The summed E-state index contributed by atoms with van der Waals surface area (Å²) in [5.74, 6) is -2.43. The van der Waals surface area contributed by atoms with Gasteiger partial charge < -0.3 is 20.6 Å². The molecule has 10 nitrogen and oxygen atoms in total. The van der Waals surface area contributed by atoms with Crippen LogP contribution in [0.4, 0.5) is 4.39 Å². The van der Waals surface area contributed by atoms with Gasteiger partial charge in [-0.15, -0.1) is 0 Å². The molecule has 1 saturated carbocycles. The number of carbonyl (C=O) groups excluding carboxylic acids is 3. The second-order valence-corrected chi connectivity index (χ2v) is 9.40. The average molecular weight is 486 g/mol. The van der Waals surface area contributed by atoms with Crippen molar-refractivity contribution in [3.8, 4) is 5.75 Å². The van der Waals surface area contributed by atoms with Crippen LogP contribution in [0.15, 0.2) is 29.1 Å². The first-order valence-corrected chi connectivity index (χ1v) is 11.5. The van der Waals surface area contributed by atoms with Crippen LogP contribution in [0.5, 0.6) is 5.75 Å². The molecule has 1 fully saturated rings. The Hall–Kier alpha value is -3.76. The third-order valence-electron chi connectivity index (χ3n) is 6.74. The number of benzene rings is 1. The van der Waals surface area contributed by atoms with Crippen molar-refractivity contribution in [1.29, 1.82) is 0 Å². The quantitative estimate of drug-likeness (QED) is 0.523. The number of hydrogen-bond donors (Lipinski definition) is 3. The van der Waals surface area contributed by atoms with Crippen molar-refractivity contribution >= 4 is 17.7 Å². The molecule has 3 heterocycles. The second-order valence-electron chi connectivity index (χ2n) is 9.40. The number of nitrogens with one attached hydrogen (secondary N) is 2. The minimum absolute atomic E-state index is 0.0370. The number of aromatic nitrogens is 2. The molecule has 2 aliphatic heterocycles.